The summed E-state index contributed by atoms with van der Waals surface area (Å²) in [6.45, 7) is 2.64. The molecule has 4 nitrogen and oxygen atoms in total. The number of anilines is 2. The first kappa shape index (κ1) is 8.70. The van der Waals surface area contributed by atoms with Crippen LogP contribution in [-0.4, -0.2) is 23.6 Å². The molecular formula is C7H11FN4. The van der Waals surface area contributed by atoms with Crippen LogP contribution in [0.15, 0.2) is 6.20 Å². The second-order valence-electron chi connectivity index (χ2n) is 2.17. The molecule has 5 heteroatoms. The molecule has 1 aromatic rings. The summed E-state index contributed by atoms with van der Waals surface area (Å²) in [5, 5.41) is 5.51. The number of nitrogens with zero attached hydrogens (tertiary/aromatic N) is 2. The van der Waals surface area contributed by atoms with Crippen molar-refractivity contribution < 1.29 is 4.39 Å². The molecule has 1 rings (SSSR count). The third-order valence-electron chi connectivity index (χ3n) is 1.32. The molecule has 0 spiro atoms. The van der Waals surface area contributed by atoms with Crippen molar-refractivity contribution in [3.8, 4) is 0 Å². The lowest BCUT2D eigenvalue weighted by atomic mass is 10.5. The van der Waals surface area contributed by atoms with Crippen LogP contribution in [0.4, 0.5) is 16.2 Å². The van der Waals surface area contributed by atoms with Gasteiger partial charge < -0.3 is 10.6 Å². The fourth-order valence-electron chi connectivity index (χ4n) is 0.786. The minimum atomic E-state index is -0.445. The van der Waals surface area contributed by atoms with Gasteiger partial charge in [-0.2, -0.15) is 4.98 Å². The molecular weight excluding hydrogens is 159 g/mol. The van der Waals surface area contributed by atoms with E-state index in [1.54, 1.807) is 7.05 Å². The fourth-order valence-corrected chi connectivity index (χ4v) is 0.786. The van der Waals surface area contributed by atoms with E-state index in [1.165, 1.54) is 0 Å². The molecule has 0 fully saturated rings. The molecule has 0 unspecified atom stereocenters. The number of aromatic nitrogens is 2. The number of hydrogen-bond acceptors (Lipinski definition) is 4. The van der Waals surface area contributed by atoms with E-state index in [9.17, 15) is 4.39 Å². The highest BCUT2D eigenvalue weighted by atomic mass is 19.1. The SMILES string of the molecule is CCNc1ncc(F)c(NC)n1. The summed E-state index contributed by atoms with van der Waals surface area (Å²) < 4.78 is 12.8. The van der Waals surface area contributed by atoms with Crippen molar-refractivity contribution in [1.82, 2.24) is 9.97 Å². The zero-order chi connectivity index (χ0) is 8.97. The maximum absolute atomic E-state index is 12.8. The van der Waals surface area contributed by atoms with Gasteiger partial charge in [0.25, 0.3) is 0 Å². The van der Waals surface area contributed by atoms with Gasteiger partial charge in [-0.3, -0.25) is 0 Å². The average molecular weight is 170 g/mol. The zero-order valence-corrected chi connectivity index (χ0v) is 7.06. The van der Waals surface area contributed by atoms with Gasteiger partial charge in [0.05, 0.1) is 6.20 Å². The Bertz CT molecular complexity index is 264. The van der Waals surface area contributed by atoms with Gasteiger partial charge in [-0.1, -0.05) is 0 Å². The number of hydrogen-bond donors (Lipinski definition) is 2. The summed E-state index contributed by atoms with van der Waals surface area (Å²) in [5.41, 5.74) is 0. The Kier molecular flexibility index (Phi) is 2.79. The molecule has 66 valence electrons. The van der Waals surface area contributed by atoms with Crippen LogP contribution in [0.1, 0.15) is 6.92 Å². The van der Waals surface area contributed by atoms with E-state index in [0.29, 0.717) is 5.95 Å². The van der Waals surface area contributed by atoms with Crippen molar-refractivity contribution in [2.75, 3.05) is 24.2 Å². The highest BCUT2D eigenvalue weighted by Crippen LogP contribution is 2.09. The van der Waals surface area contributed by atoms with E-state index in [0.717, 1.165) is 12.7 Å². The summed E-state index contributed by atoms with van der Waals surface area (Å²) in [6, 6.07) is 0. The normalized spacial score (nSPS) is 9.58. The molecule has 0 bridgehead atoms. The number of nitrogens with one attached hydrogen (secondary N) is 2. The summed E-state index contributed by atoms with van der Waals surface area (Å²) in [7, 11) is 1.61. The average Bonchev–Trinajstić information content (AvgIpc) is 2.09. The molecule has 0 radical (unpaired) electrons. The first-order valence-electron chi connectivity index (χ1n) is 3.72. The predicted octanol–water partition coefficient (Wildman–Crippen LogP) is 1.09. The maximum atomic E-state index is 12.8. The van der Waals surface area contributed by atoms with Gasteiger partial charge >= 0.3 is 0 Å². The van der Waals surface area contributed by atoms with E-state index < -0.39 is 5.82 Å². The molecule has 12 heavy (non-hydrogen) atoms. The largest absolute Gasteiger partial charge is 0.371 e. The van der Waals surface area contributed by atoms with Gasteiger partial charge in [0.2, 0.25) is 5.95 Å². The van der Waals surface area contributed by atoms with E-state index >= 15 is 0 Å². The van der Waals surface area contributed by atoms with Crippen molar-refractivity contribution in [3.05, 3.63) is 12.0 Å². The van der Waals surface area contributed by atoms with E-state index in [-0.39, 0.29) is 5.82 Å². The van der Waals surface area contributed by atoms with Crippen molar-refractivity contribution >= 4 is 11.8 Å². The Labute approximate surface area is 70.2 Å². The Morgan fingerprint density at radius 3 is 2.92 bits per heavy atom. The smallest absolute Gasteiger partial charge is 0.224 e. The number of halogens is 1. The van der Waals surface area contributed by atoms with Gasteiger partial charge in [-0.25, -0.2) is 9.37 Å². The molecule has 0 aliphatic heterocycles. The second-order valence-corrected chi connectivity index (χ2v) is 2.17. The van der Waals surface area contributed by atoms with Gasteiger partial charge in [-0.15, -0.1) is 0 Å². The lowest BCUT2D eigenvalue weighted by Gasteiger charge is -2.03. The standard InChI is InChI=1S/C7H11FN4/c1-3-10-7-11-4-5(8)6(9-2)12-7/h4H,3H2,1-2H3,(H2,9,10,11,12). The molecule has 0 amide bonds. The van der Waals surface area contributed by atoms with Crippen LogP contribution in [0.3, 0.4) is 0 Å². The maximum Gasteiger partial charge on any atom is 0.224 e. The van der Waals surface area contributed by atoms with E-state index in [4.69, 9.17) is 0 Å². The Hall–Kier alpha value is -1.39. The van der Waals surface area contributed by atoms with Crippen molar-refractivity contribution in [2.24, 2.45) is 0 Å². The molecule has 0 aromatic carbocycles. The minimum absolute atomic E-state index is 0.209. The molecule has 0 saturated heterocycles. The molecule has 0 aliphatic rings. The third-order valence-corrected chi connectivity index (χ3v) is 1.32. The quantitative estimate of drug-likeness (QED) is 0.713. The highest BCUT2D eigenvalue weighted by molar-refractivity contribution is 5.40. The predicted molar refractivity (Wildman–Crippen MR) is 45.7 cm³/mol. The fraction of sp³-hybridized carbons (Fsp3) is 0.429. The monoisotopic (exact) mass is 170 g/mol. The second kappa shape index (κ2) is 3.85. The molecule has 1 heterocycles. The zero-order valence-electron chi connectivity index (χ0n) is 7.06. The summed E-state index contributed by atoms with van der Waals surface area (Å²) in [4.78, 5) is 7.61. The molecule has 0 atom stereocenters. The Morgan fingerprint density at radius 1 is 1.58 bits per heavy atom. The van der Waals surface area contributed by atoms with Crippen LogP contribution in [0.5, 0.6) is 0 Å². The van der Waals surface area contributed by atoms with Gasteiger partial charge in [0.1, 0.15) is 0 Å². The van der Waals surface area contributed by atoms with Crippen LogP contribution in [0.25, 0.3) is 0 Å². The lowest BCUT2D eigenvalue weighted by Crippen LogP contribution is -2.05. The molecule has 2 N–H and O–H groups in total. The van der Waals surface area contributed by atoms with E-state index in [1.807, 2.05) is 6.92 Å². The first-order valence-corrected chi connectivity index (χ1v) is 3.72. The topological polar surface area (TPSA) is 49.8 Å². The van der Waals surface area contributed by atoms with Crippen LogP contribution >= 0.6 is 0 Å². The Balaban J connectivity index is 2.89. The van der Waals surface area contributed by atoms with Crippen LogP contribution < -0.4 is 10.6 Å². The van der Waals surface area contributed by atoms with Gasteiger partial charge in [0, 0.05) is 13.6 Å². The molecule has 1 aromatic heterocycles. The Morgan fingerprint density at radius 2 is 2.33 bits per heavy atom. The third kappa shape index (κ3) is 1.81. The van der Waals surface area contributed by atoms with Crippen LogP contribution in [-0.2, 0) is 0 Å². The van der Waals surface area contributed by atoms with Crippen molar-refractivity contribution in [1.29, 1.82) is 0 Å². The summed E-state index contributed by atoms with van der Waals surface area (Å²) in [5.74, 6) is 0.198. The van der Waals surface area contributed by atoms with Crippen molar-refractivity contribution in [2.45, 2.75) is 6.92 Å². The van der Waals surface area contributed by atoms with E-state index in [2.05, 4.69) is 20.6 Å². The van der Waals surface area contributed by atoms with Gasteiger partial charge in [0.15, 0.2) is 11.6 Å². The van der Waals surface area contributed by atoms with Crippen LogP contribution in [0, 0.1) is 5.82 Å². The minimum Gasteiger partial charge on any atom is -0.371 e. The number of rotatable bonds is 3. The molecule has 0 aliphatic carbocycles. The first-order chi connectivity index (χ1) is 5.77. The van der Waals surface area contributed by atoms with Crippen molar-refractivity contribution in [3.63, 3.8) is 0 Å². The highest BCUT2D eigenvalue weighted by Gasteiger charge is 2.02. The molecule has 0 saturated carbocycles. The van der Waals surface area contributed by atoms with Crippen LogP contribution in [0.2, 0.25) is 0 Å². The lowest BCUT2D eigenvalue weighted by molar-refractivity contribution is 0.618. The van der Waals surface area contributed by atoms with Gasteiger partial charge in [-0.05, 0) is 6.92 Å². The summed E-state index contributed by atoms with van der Waals surface area (Å²) >= 11 is 0. The summed E-state index contributed by atoms with van der Waals surface area (Å²) in [6.07, 6.45) is 1.14.